The molecule has 0 spiro atoms. The van der Waals surface area contributed by atoms with Gasteiger partial charge in [-0.15, -0.1) is 0 Å². The van der Waals surface area contributed by atoms with E-state index in [4.69, 9.17) is 0 Å². The van der Waals surface area contributed by atoms with Crippen LogP contribution in [0.1, 0.15) is 63.9 Å². The van der Waals surface area contributed by atoms with Crippen LogP contribution in [0.4, 0.5) is 0 Å². The van der Waals surface area contributed by atoms with Gasteiger partial charge in [-0.05, 0) is 90.0 Å². The van der Waals surface area contributed by atoms with E-state index in [-0.39, 0.29) is 11.3 Å². The van der Waals surface area contributed by atoms with Crippen LogP contribution < -0.4 is 0 Å². The fraction of sp³-hybridized carbons (Fsp3) is 0.552. The van der Waals surface area contributed by atoms with Gasteiger partial charge in [0.05, 0.1) is 0 Å². The summed E-state index contributed by atoms with van der Waals surface area (Å²) in [6.45, 7) is 5.06. The molecule has 1 aliphatic heterocycles. The third kappa shape index (κ3) is 2.66. The van der Waals surface area contributed by atoms with Gasteiger partial charge in [0.1, 0.15) is 0 Å². The summed E-state index contributed by atoms with van der Waals surface area (Å²) in [5, 5.41) is 2.73. The van der Waals surface area contributed by atoms with Crippen molar-refractivity contribution in [2.45, 2.75) is 64.3 Å². The number of nitrogens with zero attached hydrogens (tertiary/aromatic N) is 1. The van der Waals surface area contributed by atoms with Crippen LogP contribution in [0.15, 0.2) is 54.6 Å². The lowest BCUT2D eigenvalue weighted by Crippen LogP contribution is -2.59. The number of fused-ring (bicyclic) bond motifs is 6. The molecule has 0 N–H and O–H groups in total. The molecule has 3 fully saturated rings. The largest absolute Gasteiger partial charge is 0.338 e. The molecule has 3 saturated carbocycles. The van der Waals surface area contributed by atoms with Crippen molar-refractivity contribution in [1.29, 1.82) is 0 Å². The lowest BCUT2D eigenvalue weighted by molar-refractivity contribution is -0.138. The average Bonchev–Trinajstić information content (AvgIpc) is 3.13. The first-order valence-electron chi connectivity index (χ1n) is 12.4. The first-order valence-corrected chi connectivity index (χ1v) is 12.4. The molecule has 162 valence electrons. The number of rotatable bonds is 1. The molecule has 2 aromatic rings. The predicted octanol–water partition coefficient (Wildman–Crippen LogP) is 6.56. The molecule has 2 heteroatoms. The zero-order valence-corrected chi connectivity index (χ0v) is 19.2. The molecule has 2 unspecified atom stereocenters. The van der Waals surface area contributed by atoms with E-state index < -0.39 is 0 Å². The fourth-order valence-electron chi connectivity index (χ4n) is 8.71. The van der Waals surface area contributed by atoms with Gasteiger partial charge >= 0.3 is 0 Å². The predicted molar refractivity (Wildman–Crippen MR) is 127 cm³/mol. The molecular formula is C29H35NO. The Labute approximate surface area is 186 Å². The molecule has 2 aromatic carbocycles. The van der Waals surface area contributed by atoms with Gasteiger partial charge in [0, 0.05) is 18.5 Å². The Balaban J connectivity index is 1.33. The minimum Gasteiger partial charge on any atom is -0.338 e. The van der Waals surface area contributed by atoms with Gasteiger partial charge in [-0.25, -0.2) is 0 Å². The number of carbonyl (C=O) groups excluding carboxylic acids is 1. The van der Waals surface area contributed by atoms with Crippen LogP contribution in [0.25, 0.3) is 10.8 Å². The molecule has 1 heterocycles. The Morgan fingerprint density at radius 3 is 2.55 bits per heavy atom. The molecule has 0 saturated heterocycles. The summed E-state index contributed by atoms with van der Waals surface area (Å²) < 4.78 is 0. The molecule has 1 amide bonds. The van der Waals surface area contributed by atoms with Crippen molar-refractivity contribution in [3.05, 3.63) is 60.2 Å². The fourth-order valence-corrected chi connectivity index (χ4v) is 8.71. The van der Waals surface area contributed by atoms with E-state index in [0.717, 1.165) is 18.3 Å². The van der Waals surface area contributed by atoms with Crippen molar-refractivity contribution in [1.82, 2.24) is 4.90 Å². The lowest BCUT2D eigenvalue weighted by atomic mass is 9.47. The second kappa shape index (κ2) is 6.70. The minimum absolute atomic E-state index is 0.147. The maximum absolute atomic E-state index is 12.3. The third-order valence-electron chi connectivity index (χ3n) is 10.3. The highest BCUT2D eigenvalue weighted by atomic mass is 16.2. The maximum Gasteiger partial charge on any atom is 0.246 e. The first kappa shape index (κ1) is 19.6. The van der Waals surface area contributed by atoms with Crippen molar-refractivity contribution in [3.63, 3.8) is 0 Å². The van der Waals surface area contributed by atoms with Crippen molar-refractivity contribution in [2.24, 2.45) is 28.6 Å². The van der Waals surface area contributed by atoms with Crippen LogP contribution in [0.5, 0.6) is 0 Å². The molecule has 0 bridgehead atoms. The number of likely N-dealkylation sites (N-methyl/N-ethyl adjacent to an activating group) is 1. The molecule has 31 heavy (non-hydrogen) atoms. The minimum atomic E-state index is 0.147. The smallest absolute Gasteiger partial charge is 0.246 e. The Bertz CT molecular complexity index is 1070. The van der Waals surface area contributed by atoms with Gasteiger partial charge in [-0.3, -0.25) is 4.79 Å². The van der Waals surface area contributed by atoms with Crippen molar-refractivity contribution >= 4 is 16.7 Å². The summed E-state index contributed by atoms with van der Waals surface area (Å²) >= 11 is 0. The standard InChI is InChI=1S/C29H35NO/c1-28-16-14-25-22(10-13-26-29(25,2)17-15-27(31)30(26)3)24(28)12-11-23(28)21-9-8-19-6-4-5-7-20(19)18-21/h4-9,15,17-18,22-26H,10-14,16H2,1-3H3/t22-,23?,24-,25+,26?,28+,29+/m0/s1. The topological polar surface area (TPSA) is 20.3 Å². The Morgan fingerprint density at radius 1 is 0.903 bits per heavy atom. The number of benzene rings is 2. The summed E-state index contributed by atoms with van der Waals surface area (Å²) in [5.41, 5.74) is 2.12. The molecule has 0 aromatic heterocycles. The zero-order valence-electron chi connectivity index (χ0n) is 19.2. The molecular weight excluding hydrogens is 378 g/mol. The van der Waals surface area contributed by atoms with E-state index in [1.54, 1.807) is 5.56 Å². The van der Waals surface area contributed by atoms with Gasteiger partial charge in [-0.2, -0.15) is 0 Å². The molecule has 2 nitrogen and oxygen atoms in total. The maximum atomic E-state index is 12.3. The number of hydrogen-bond acceptors (Lipinski definition) is 1. The Hall–Kier alpha value is -2.09. The second-order valence-electron chi connectivity index (χ2n) is 11.4. The van der Waals surface area contributed by atoms with Gasteiger partial charge in [0.15, 0.2) is 0 Å². The van der Waals surface area contributed by atoms with E-state index in [1.165, 1.54) is 42.9 Å². The van der Waals surface area contributed by atoms with Crippen molar-refractivity contribution in [3.8, 4) is 0 Å². The Kier molecular flexibility index (Phi) is 4.23. The first-order chi connectivity index (χ1) is 14.9. The highest BCUT2D eigenvalue weighted by Crippen LogP contribution is 2.67. The van der Waals surface area contributed by atoms with E-state index in [2.05, 4.69) is 62.4 Å². The summed E-state index contributed by atoms with van der Waals surface area (Å²) in [7, 11) is 2.02. The molecule has 6 rings (SSSR count). The third-order valence-corrected chi connectivity index (χ3v) is 10.3. The van der Waals surface area contributed by atoms with Crippen molar-refractivity contribution < 1.29 is 4.79 Å². The molecule has 4 aliphatic rings. The Morgan fingerprint density at radius 2 is 1.71 bits per heavy atom. The second-order valence-corrected chi connectivity index (χ2v) is 11.4. The summed E-state index contributed by atoms with van der Waals surface area (Å²) in [6.07, 6.45) is 11.9. The van der Waals surface area contributed by atoms with Crippen LogP contribution in [0, 0.1) is 28.6 Å². The number of carbonyl (C=O) groups is 1. The average molecular weight is 414 g/mol. The molecule has 0 radical (unpaired) electrons. The van der Waals surface area contributed by atoms with Crippen molar-refractivity contribution in [2.75, 3.05) is 7.05 Å². The number of hydrogen-bond donors (Lipinski definition) is 0. The molecule has 3 aliphatic carbocycles. The van der Waals surface area contributed by atoms with Gasteiger partial charge in [0.2, 0.25) is 5.91 Å². The van der Waals surface area contributed by atoms with Crippen LogP contribution in [0.3, 0.4) is 0 Å². The lowest BCUT2D eigenvalue weighted by Gasteiger charge is -2.60. The van der Waals surface area contributed by atoms with Gasteiger partial charge < -0.3 is 4.90 Å². The van der Waals surface area contributed by atoms with Crippen LogP contribution in [-0.4, -0.2) is 23.9 Å². The SMILES string of the molecule is CN1C(=O)C=C[C@@]2(C)C1CC[C@@H]1[C@H]2CC[C@]2(C)C(c3ccc4ccccc4c3)CC[C@@H]12. The van der Waals surface area contributed by atoms with Crippen LogP contribution in [-0.2, 0) is 4.79 Å². The highest BCUT2D eigenvalue weighted by Gasteiger charge is 2.60. The summed E-state index contributed by atoms with van der Waals surface area (Å²) in [4.78, 5) is 14.4. The normalized spacial score (nSPS) is 41.7. The van der Waals surface area contributed by atoms with E-state index in [9.17, 15) is 4.79 Å². The van der Waals surface area contributed by atoms with Gasteiger partial charge in [-0.1, -0.05) is 62.4 Å². The summed E-state index contributed by atoms with van der Waals surface area (Å²) in [5.74, 6) is 3.21. The van der Waals surface area contributed by atoms with E-state index in [0.29, 0.717) is 23.3 Å². The van der Waals surface area contributed by atoms with Gasteiger partial charge in [0.25, 0.3) is 0 Å². The number of amides is 1. The van der Waals surface area contributed by atoms with Crippen LogP contribution >= 0.6 is 0 Å². The quantitative estimate of drug-likeness (QED) is 0.518. The zero-order chi connectivity index (χ0) is 21.4. The molecule has 7 atom stereocenters. The van der Waals surface area contributed by atoms with Crippen LogP contribution in [0.2, 0.25) is 0 Å². The monoisotopic (exact) mass is 413 g/mol. The summed E-state index contributed by atoms with van der Waals surface area (Å²) in [6, 6.07) is 16.4. The van der Waals surface area contributed by atoms with E-state index >= 15 is 0 Å². The highest BCUT2D eigenvalue weighted by molar-refractivity contribution is 5.89. The van der Waals surface area contributed by atoms with E-state index in [1.807, 2.05) is 18.0 Å².